The summed E-state index contributed by atoms with van der Waals surface area (Å²) < 4.78 is 38.2. The molecule has 92 valence electrons. The van der Waals surface area contributed by atoms with Gasteiger partial charge >= 0.3 is 6.18 Å². The molecule has 1 aromatic heterocycles. The van der Waals surface area contributed by atoms with Crippen molar-refractivity contribution in [3.05, 3.63) is 17.5 Å². The summed E-state index contributed by atoms with van der Waals surface area (Å²) in [5.41, 5.74) is -0.0644. The van der Waals surface area contributed by atoms with Gasteiger partial charge in [-0.15, -0.1) is 0 Å². The van der Waals surface area contributed by atoms with Crippen molar-refractivity contribution in [1.29, 1.82) is 0 Å². The van der Waals surface area contributed by atoms with Gasteiger partial charge < -0.3 is 0 Å². The molecule has 0 amide bonds. The second kappa shape index (κ2) is 4.89. The first kappa shape index (κ1) is 13.1. The quantitative estimate of drug-likeness (QED) is 0.724. The van der Waals surface area contributed by atoms with Crippen molar-refractivity contribution in [3.63, 3.8) is 0 Å². The second-order valence-corrected chi connectivity index (χ2v) is 3.70. The van der Waals surface area contributed by atoms with Crippen molar-refractivity contribution in [1.82, 2.24) is 9.78 Å². The van der Waals surface area contributed by atoms with Gasteiger partial charge in [0.05, 0.1) is 0 Å². The molecule has 1 saturated carbocycles. The van der Waals surface area contributed by atoms with E-state index in [-0.39, 0.29) is 5.92 Å². The van der Waals surface area contributed by atoms with Gasteiger partial charge in [0, 0.05) is 18.7 Å². The minimum Gasteiger partial charge on any atom is -0.272 e. The topological polar surface area (TPSA) is 17.8 Å². The molecule has 1 aliphatic rings. The lowest BCUT2D eigenvalue weighted by Crippen LogP contribution is -2.12. The van der Waals surface area contributed by atoms with Crippen LogP contribution in [0.15, 0.2) is 6.07 Å². The van der Waals surface area contributed by atoms with Gasteiger partial charge in [-0.05, 0) is 18.9 Å². The summed E-state index contributed by atoms with van der Waals surface area (Å²) in [7, 11) is 1.57. The largest absolute Gasteiger partial charge is 0.435 e. The second-order valence-electron chi connectivity index (χ2n) is 3.70. The number of hydrogen-bond donors (Lipinski definition) is 0. The smallest absolute Gasteiger partial charge is 0.272 e. The highest BCUT2D eigenvalue weighted by Gasteiger charge is 2.36. The third-order valence-corrected chi connectivity index (χ3v) is 2.73. The first-order valence-corrected chi connectivity index (χ1v) is 5.59. The monoisotopic (exact) mass is 234 g/mol. The normalized spacial score (nSPS) is 16.4. The van der Waals surface area contributed by atoms with Crippen molar-refractivity contribution >= 4 is 0 Å². The lowest BCUT2D eigenvalue weighted by Gasteiger charge is -2.25. The van der Waals surface area contributed by atoms with Gasteiger partial charge in [-0.25, -0.2) is 0 Å². The molecule has 0 N–H and O–H groups in total. The highest BCUT2D eigenvalue weighted by molar-refractivity contribution is 5.18. The third-order valence-electron chi connectivity index (χ3n) is 2.73. The van der Waals surface area contributed by atoms with Crippen molar-refractivity contribution < 1.29 is 13.2 Å². The van der Waals surface area contributed by atoms with Crippen LogP contribution in [-0.4, -0.2) is 9.78 Å². The Hall–Kier alpha value is -1.00. The van der Waals surface area contributed by atoms with E-state index in [0.29, 0.717) is 5.69 Å². The van der Waals surface area contributed by atoms with E-state index in [1.165, 1.54) is 10.7 Å². The average Bonchev–Trinajstić information content (AvgIpc) is 2.48. The maximum Gasteiger partial charge on any atom is 0.435 e. The van der Waals surface area contributed by atoms with E-state index in [1.54, 1.807) is 7.05 Å². The van der Waals surface area contributed by atoms with Crippen molar-refractivity contribution in [2.45, 2.75) is 45.2 Å². The number of nitrogens with zero attached hydrogens (tertiary/aromatic N) is 2. The number of hydrogen-bond acceptors (Lipinski definition) is 1. The molecular formula is C11H17F3N2. The van der Waals surface area contributed by atoms with Gasteiger partial charge in [0.2, 0.25) is 0 Å². The van der Waals surface area contributed by atoms with Gasteiger partial charge in [0.25, 0.3) is 0 Å². The Balaban J connectivity index is 0.000000606. The zero-order valence-corrected chi connectivity index (χ0v) is 9.80. The fourth-order valence-corrected chi connectivity index (χ4v) is 1.71. The molecule has 5 heteroatoms. The van der Waals surface area contributed by atoms with Gasteiger partial charge in [-0.3, -0.25) is 4.68 Å². The summed E-state index contributed by atoms with van der Waals surface area (Å²) in [5, 5.41) is 3.48. The Kier molecular flexibility index (Phi) is 3.99. The fraction of sp³-hybridized carbons (Fsp3) is 0.727. The molecule has 16 heavy (non-hydrogen) atoms. The maximum absolute atomic E-state index is 12.3. The van der Waals surface area contributed by atoms with Gasteiger partial charge in [-0.1, -0.05) is 20.3 Å². The predicted molar refractivity (Wildman–Crippen MR) is 56.2 cm³/mol. The maximum atomic E-state index is 12.3. The molecule has 0 unspecified atom stereocenters. The summed E-state index contributed by atoms with van der Waals surface area (Å²) in [6.45, 7) is 4.00. The molecule has 0 saturated heterocycles. The lowest BCUT2D eigenvalue weighted by molar-refractivity contribution is -0.141. The van der Waals surface area contributed by atoms with Crippen LogP contribution in [0.4, 0.5) is 13.2 Å². The Morgan fingerprint density at radius 2 is 1.88 bits per heavy atom. The van der Waals surface area contributed by atoms with E-state index in [4.69, 9.17) is 0 Å². The molecule has 0 spiro atoms. The number of halogens is 3. The number of aromatic nitrogens is 2. The van der Waals surface area contributed by atoms with Crippen LogP contribution in [0.5, 0.6) is 0 Å². The molecule has 1 heterocycles. The van der Waals surface area contributed by atoms with Gasteiger partial charge in [0.15, 0.2) is 5.69 Å². The van der Waals surface area contributed by atoms with Crippen molar-refractivity contribution in [3.8, 4) is 0 Å². The summed E-state index contributed by atoms with van der Waals surface area (Å²) >= 11 is 0. The van der Waals surface area contributed by atoms with E-state index >= 15 is 0 Å². The van der Waals surface area contributed by atoms with Gasteiger partial charge in [0.1, 0.15) is 0 Å². The van der Waals surface area contributed by atoms with Gasteiger partial charge in [-0.2, -0.15) is 18.3 Å². The molecule has 2 rings (SSSR count). The Labute approximate surface area is 93.5 Å². The summed E-state index contributed by atoms with van der Waals surface area (Å²) in [4.78, 5) is 0. The van der Waals surface area contributed by atoms with E-state index < -0.39 is 11.9 Å². The van der Waals surface area contributed by atoms with E-state index in [2.05, 4.69) is 5.10 Å². The number of aryl methyl sites for hydroxylation is 1. The fourth-order valence-electron chi connectivity index (χ4n) is 1.71. The zero-order valence-electron chi connectivity index (χ0n) is 9.80. The Morgan fingerprint density at radius 3 is 2.19 bits per heavy atom. The molecule has 2 nitrogen and oxygen atoms in total. The highest BCUT2D eigenvalue weighted by atomic mass is 19.4. The summed E-state index contributed by atoms with van der Waals surface area (Å²) in [6.07, 6.45) is -1.25. The summed E-state index contributed by atoms with van der Waals surface area (Å²) in [6, 6.07) is 1.17. The highest BCUT2D eigenvalue weighted by Crippen LogP contribution is 2.38. The number of alkyl halides is 3. The molecule has 0 atom stereocenters. The Morgan fingerprint density at radius 1 is 1.31 bits per heavy atom. The van der Waals surface area contributed by atoms with Crippen LogP contribution in [-0.2, 0) is 13.2 Å². The lowest BCUT2D eigenvalue weighted by atomic mass is 9.83. The predicted octanol–water partition coefficient (Wildman–Crippen LogP) is 3.73. The average molecular weight is 234 g/mol. The van der Waals surface area contributed by atoms with Crippen LogP contribution >= 0.6 is 0 Å². The summed E-state index contributed by atoms with van der Waals surface area (Å²) in [5.74, 6) is 0.281. The molecule has 1 aliphatic carbocycles. The van der Waals surface area contributed by atoms with Crippen molar-refractivity contribution in [2.75, 3.05) is 0 Å². The molecule has 0 aliphatic heterocycles. The zero-order chi connectivity index (χ0) is 12.3. The molecule has 0 bridgehead atoms. The molecule has 1 fully saturated rings. The molecule has 0 aromatic carbocycles. The minimum atomic E-state index is -4.32. The van der Waals surface area contributed by atoms with Crippen molar-refractivity contribution in [2.24, 2.45) is 7.05 Å². The SMILES string of the molecule is CC.Cn1nc(C(F)(F)F)cc1C1CCC1. The van der Waals surface area contributed by atoms with Crippen LogP contribution in [0, 0.1) is 0 Å². The van der Waals surface area contributed by atoms with Crippen LogP contribution in [0.25, 0.3) is 0 Å². The van der Waals surface area contributed by atoms with E-state index in [0.717, 1.165) is 19.3 Å². The number of rotatable bonds is 1. The van der Waals surface area contributed by atoms with Crippen LogP contribution in [0.2, 0.25) is 0 Å². The molecule has 0 radical (unpaired) electrons. The Bertz CT molecular complexity index is 337. The van der Waals surface area contributed by atoms with Crippen LogP contribution in [0.3, 0.4) is 0 Å². The standard InChI is InChI=1S/C9H11F3N2.C2H6/c1-14-7(6-3-2-4-6)5-8(13-14)9(10,11)12;1-2/h5-6H,2-4H2,1H3;1-2H3. The van der Waals surface area contributed by atoms with E-state index in [1.807, 2.05) is 13.8 Å². The van der Waals surface area contributed by atoms with E-state index in [9.17, 15) is 13.2 Å². The first-order chi connectivity index (χ1) is 7.48. The molecular weight excluding hydrogens is 217 g/mol. The third kappa shape index (κ3) is 2.57. The first-order valence-electron chi connectivity index (χ1n) is 5.59. The molecule has 1 aromatic rings. The van der Waals surface area contributed by atoms with Crippen LogP contribution in [0.1, 0.15) is 50.4 Å². The van der Waals surface area contributed by atoms with Crippen LogP contribution < -0.4 is 0 Å². The minimum absolute atomic E-state index is 0.281.